The van der Waals surface area contributed by atoms with Crippen molar-refractivity contribution in [1.29, 1.82) is 0 Å². The van der Waals surface area contributed by atoms with Gasteiger partial charge >= 0.3 is 0 Å². The van der Waals surface area contributed by atoms with Gasteiger partial charge in [-0.3, -0.25) is 0 Å². The molecule has 8 N–H and O–H groups in total. The van der Waals surface area contributed by atoms with E-state index in [2.05, 4.69) is 44.1 Å². The molecule has 0 radical (unpaired) electrons. The molecule has 0 amide bonds. The Morgan fingerprint density at radius 3 is 1.10 bits per heavy atom. The Morgan fingerprint density at radius 2 is 0.800 bits per heavy atom. The quantitative estimate of drug-likeness (QED) is 0.139. The number of rotatable bonds is 7. The van der Waals surface area contributed by atoms with E-state index in [4.69, 9.17) is 0 Å². The molecule has 8 nitrogen and oxygen atoms in total. The van der Waals surface area contributed by atoms with Gasteiger partial charge in [-0.25, -0.2) is 10.9 Å². The molecule has 0 aliphatic carbocycles. The highest BCUT2D eigenvalue weighted by atomic mass is 15.9. The first kappa shape index (κ1) is 9.68. The predicted molar refractivity (Wildman–Crippen MR) is 36.9 cm³/mol. The maximum absolute atomic E-state index is 2.63. The second-order valence-corrected chi connectivity index (χ2v) is 1.25. The molecule has 0 aromatic heterocycles. The van der Waals surface area contributed by atoms with Gasteiger partial charge in [-0.05, 0) is 14.1 Å². The monoisotopic (exact) mass is 150 g/mol. The first-order valence-corrected chi connectivity index (χ1v) is 2.75. The molecule has 0 rings (SSSR count). The van der Waals surface area contributed by atoms with Crippen molar-refractivity contribution in [2.24, 2.45) is 0 Å². The van der Waals surface area contributed by atoms with Gasteiger partial charge < -0.3 is 0 Å². The lowest BCUT2D eigenvalue weighted by atomic mass is 11.5. The van der Waals surface area contributed by atoms with Gasteiger partial charge in [0.25, 0.3) is 0 Å². The molecule has 62 valence electrons. The van der Waals surface area contributed by atoms with E-state index in [0.29, 0.717) is 0 Å². The van der Waals surface area contributed by atoms with E-state index in [1.165, 1.54) is 0 Å². The number of hydrogen-bond acceptors (Lipinski definition) is 8. The van der Waals surface area contributed by atoms with Crippen LogP contribution in [-0.2, 0) is 0 Å². The lowest BCUT2D eigenvalue weighted by Gasteiger charge is -2.09. The number of hydrogen-bond donors (Lipinski definition) is 8. The van der Waals surface area contributed by atoms with Crippen molar-refractivity contribution >= 4 is 0 Å². The van der Waals surface area contributed by atoms with Crippen LogP contribution in [0, 0.1) is 0 Å². The van der Waals surface area contributed by atoms with Gasteiger partial charge in [0.05, 0.1) is 0 Å². The Hall–Kier alpha value is -0.320. The first-order valence-electron chi connectivity index (χ1n) is 2.75. The lowest BCUT2D eigenvalue weighted by Crippen LogP contribution is -2.62. The second kappa shape index (κ2) is 8.68. The fraction of sp³-hybridized carbons (Fsp3) is 1.00. The van der Waals surface area contributed by atoms with Crippen LogP contribution in [-0.4, -0.2) is 14.1 Å². The average Bonchev–Trinajstić information content (AvgIpc) is 1.97. The van der Waals surface area contributed by atoms with Crippen molar-refractivity contribution in [1.82, 2.24) is 44.1 Å². The van der Waals surface area contributed by atoms with Crippen molar-refractivity contribution < 1.29 is 0 Å². The third-order valence-corrected chi connectivity index (χ3v) is 0.562. The highest BCUT2D eigenvalue weighted by Crippen LogP contribution is 1.24. The molecule has 0 heterocycles. The van der Waals surface area contributed by atoms with Crippen molar-refractivity contribution in [3.05, 3.63) is 0 Å². The molecule has 0 saturated carbocycles. The van der Waals surface area contributed by atoms with E-state index in [1.54, 1.807) is 14.1 Å². The van der Waals surface area contributed by atoms with Crippen LogP contribution in [0.25, 0.3) is 0 Å². The van der Waals surface area contributed by atoms with Crippen molar-refractivity contribution in [2.45, 2.75) is 0 Å². The summed E-state index contributed by atoms with van der Waals surface area (Å²) in [6.07, 6.45) is 0. The van der Waals surface area contributed by atoms with Crippen molar-refractivity contribution in [3.8, 4) is 0 Å². The van der Waals surface area contributed by atoms with Gasteiger partial charge in [0, 0.05) is 0 Å². The zero-order valence-electron chi connectivity index (χ0n) is 6.00. The zero-order valence-corrected chi connectivity index (χ0v) is 6.00. The fourth-order valence-electron chi connectivity index (χ4n) is 0.250. The summed E-state index contributed by atoms with van der Waals surface area (Å²) in [5.41, 5.74) is 20.5. The molecule has 0 bridgehead atoms. The lowest BCUT2D eigenvalue weighted by molar-refractivity contribution is 0.267. The van der Waals surface area contributed by atoms with E-state index in [0.717, 1.165) is 0 Å². The summed E-state index contributed by atoms with van der Waals surface area (Å²) in [4.78, 5) is 0. The van der Waals surface area contributed by atoms with Crippen LogP contribution in [0.3, 0.4) is 0 Å². The highest BCUT2D eigenvalue weighted by molar-refractivity contribution is 4.13. The summed E-state index contributed by atoms with van der Waals surface area (Å²) in [6, 6.07) is 0. The van der Waals surface area contributed by atoms with Gasteiger partial charge in [-0.15, -0.1) is 0 Å². The molecular formula is C2H14N8. The van der Waals surface area contributed by atoms with Crippen LogP contribution in [0.1, 0.15) is 0 Å². The summed E-state index contributed by atoms with van der Waals surface area (Å²) < 4.78 is 0. The Bertz CT molecular complexity index is 47.2. The van der Waals surface area contributed by atoms with Gasteiger partial charge in [0.15, 0.2) is 0 Å². The third kappa shape index (κ3) is 7.68. The minimum Gasteiger partial charge on any atom is -0.246 e. The zero-order chi connectivity index (χ0) is 7.66. The second-order valence-electron chi connectivity index (χ2n) is 1.25. The van der Waals surface area contributed by atoms with Gasteiger partial charge in [-0.2, -0.15) is 33.2 Å². The maximum Gasteiger partial charge on any atom is -0.000111 e. The Morgan fingerprint density at radius 1 is 0.500 bits per heavy atom. The van der Waals surface area contributed by atoms with Crippen LogP contribution < -0.4 is 44.1 Å². The molecule has 0 unspecified atom stereocenters. The SMILES string of the molecule is CNNNNNNNNC. The summed E-state index contributed by atoms with van der Waals surface area (Å²) in [5, 5.41) is 0. The van der Waals surface area contributed by atoms with Gasteiger partial charge in [0.1, 0.15) is 0 Å². The van der Waals surface area contributed by atoms with Crippen molar-refractivity contribution in [3.63, 3.8) is 0 Å². The van der Waals surface area contributed by atoms with E-state index >= 15 is 0 Å². The number of nitrogens with one attached hydrogen (secondary N) is 8. The van der Waals surface area contributed by atoms with Crippen LogP contribution in [0.2, 0.25) is 0 Å². The van der Waals surface area contributed by atoms with Gasteiger partial charge in [-0.1, -0.05) is 0 Å². The van der Waals surface area contributed by atoms with Gasteiger partial charge in [0.2, 0.25) is 0 Å². The van der Waals surface area contributed by atoms with Crippen LogP contribution in [0.4, 0.5) is 0 Å². The molecule has 8 heteroatoms. The van der Waals surface area contributed by atoms with E-state index in [1.807, 2.05) is 0 Å². The minimum atomic E-state index is 1.73. The fourth-order valence-corrected chi connectivity index (χ4v) is 0.250. The molecular weight excluding hydrogens is 136 g/mol. The molecule has 0 aromatic rings. The van der Waals surface area contributed by atoms with Crippen LogP contribution in [0.15, 0.2) is 0 Å². The topological polar surface area (TPSA) is 96.2 Å². The molecule has 0 atom stereocenters. The average molecular weight is 150 g/mol. The predicted octanol–water partition coefficient (Wildman–Crippen LogP) is -3.63. The maximum atomic E-state index is 2.63. The first-order chi connectivity index (χ1) is 4.91. The Kier molecular flexibility index (Phi) is 8.40. The van der Waals surface area contributed by atoms with E-state index < -0.39 is 0 Å². The summed E-state index contributed by atoms with van der Waals surface area (Å²) >= 11 is 0. The summed E-state index contributed by atoms with van der Waals surface area (Å²) in [7, 11) is 3.46. The number of hydrazine groups is 7. The summed E-state index contributed by atoms with van der Waals surface area (Å²) in [6.45, 7) is 0. The molecule has 10 heavy (non-hydrogen) atoms. The van der Waals surface area contributed by atoms with Crippen LogP contribution >= 0.6 is 0 Å². The van der Waals surface area contributed by atoms with Crippen molar-refractivity contribution in [2.75, 3.05) is 14.1 Å². The molecule has 0 aliphatic rings. The Balaban J connectivity index is 2.65. The summed E-state index contributed by atoms with van der Waals surface area (Å²) in [5.74, 6) is 0. The molecule has 0 fully saturated rings. The molecule has 0 spiro atoms. The standard InChI is InChI=1S/C2H14N8/c1-3-5-7-9-10-8-6-4-2/h3-10H,1-2H3. The molecule has 0 aliphatic heterocycles. The van der Waals surface area contributed by atoms with Crippen LogP contribution in [0.5, 0.6) is 0 Å². The van der Waals surface area contributed by atoms with E-state index in [9.17, 15) is 0 Å². The third-order valence-electron chi connectivity index (χ3n) is 0.562. The largest absolute Gasteiger partial charge is 0.246 e. The van der Waals surface area contributed by atoms with E-state index in [-0.39, 0.29) is 0 Å². The Labute approximate surface area is 59.3 Å². The highest BCUT2D eigenvalue weighted by Gasteiger charge is 1.75. The minimum absolute atomic E-state index is 1.73. The smallest absolute Gasteiger partial charge is 0.000111 e. The molecule has 0 aromatic carbocycles. The molecule has 0 saturated heterocycles. The normalized spacial score (nSPS) is 10.2.